The number of H-pyrrole nitrogens is 1. The average Bonchev–Trinajstić information content (AvgIpc) is 2.57. The van der Waals surface area contributed by atoms with Crippen LogP contribution in [0.4, 0.5) is 10.1 Å². The van der Waals surface area contributed by atoms with Gasteiger partial charge >= 0.3 is 4.87 Å². The van der Waals surface area contributed by atoms with E-state index in [-0.39, 0.29) is 10.7 Å². The summed E-state index contributed by atoms with van der Waals surface area (Å²) in [5, 5.41) is 0.487. The monoisotopic (exact) mass is 254 g/mol. The standard InChI is InChI=1S/C10H7FN2OS2/c11-6-1-3-7(4-2-6)12-5-8-9(15)13-10(14)16-8/h1-5,15H,(H,13,14). The van der Waals surface area contributed by atoms with Crippen molar-refractivity contribution < 1.29 is 4.39 Å². The molecule has 0 fully saturated rings. The zero-order valence-electron chi connectivity index (χ0n) is 7.98. The number of benzene rings is 1. The van der Waals surface area contributed by atoms with Crippen LogP contribution in [0.25, 0.3) is 0 Å². The average molecular weight is 254 g/mol. The van der Waals surface area contributed by atoms with Gasteiger partial charge in [0.2, 0.25) is 0 Å². The molecule has 0 saturated carbocycles. The first-order chi connectivity index (χ1) is 7.65. The van der Waals surface area contributed by atoms with Crippen LogP contribution in [-0.2, 0) is 0 Å². The summed E-state index contributed by atoms with van der Waals surface area (Å²) < 4.78 is 12.6. The first-order valence-electron chi connectivity index (χ1n) is 4.37. The predicted octanol–water partition coefficient (Wildman–Crippen LogP) is 2.61. The van der Waals surface area contributed by atoms with E-state index in [0.29, 0.717) is 15.6 Å². The third-order valence-electron chi connectivity index (χ3n) is 1.81. The number of thiazole rings is 1. The Morgan fingerprint density at radius 3 is 2.62 bits per heavy atom. The van der Waals surface area contributed by atoms with Crippen LogP contribution < -0.4 is 4.87 Å². The second-order valence-electron chi connectivity index (χ2n) is 2.96. The van der Waals surface area contributed by atoms with Crippen molar-refractivity contribution in [2.75, 3.05) is 0 Å². The SMILES string of the molecule is O=c1[nH]c(S)c(C=Nc2ccc(F)cc2)s1. The van der Waals surface area contributed by atoms with E-state index in [4.69, 9.17) is 0 Å². The highest BCUT2D eigenvalue weighted by Gasteiger charge is 2.00. The van der Waals surface area contributed by atoms with Crippen molar-refractivity contribution in [3.8, 4) is 0 Å². The molecule has 6 heteroatoms. The van der Waals surface area contributed by atoms with Crippen LogP contribution in [0, 0.1) is 5.82 Å². The summed E-state index contributed by atoms with van der Waals surface area (Å²) in [6.07, 6.45) is 1.53. The molecule has 3 nitrogen and oxygen atoms in total. The molecule has 1 aromatic carbocycles. The Labute approximate surface area is 100 Å². The highest BCUT2D eigenvalue weighted by molar-refractivity contribution is 7.80. The lowest BCUT2D eigenvalue weighted by atomic mass is 10.3. The number of hydrogen-bond acceptors (Lipinski definition) is 4. The number of aliphatic imine (C=N–C) groups is 1. The largest absolute Gasteiger partial charge is 0.307 e. The topological polar surface area (TPSA) is 45.2 Å². The van der Waals surface area contributed by atoms with E-state index in [9.17, 15) is 9.18 Å². The maximum Gasteiger partial charge on any atom is 0.305 e. The molecule has 2 rings (SSSR count). The molecular formula is C10H7FN2OS2. The number of nitrogens with one attached hydrogen (secondary N) is 1. The van der Waals surface area contributed by atoms with Crippen molar-refractivity contribution in [1.82, 2.24) is 4.98 Å². The predicted molar refractivity (Wildman–Crippen MR) is 65.8 cm³/mol. The van der Waals surface area contributed by atoms with Crippen LogP contribution in [0.5, 0.6) is 0 Å². The van der Waals surface area contributed by atoms with Gasteiger partial charge in [-0.1, -0.05) is 11.3 Å². The van der Waals surface area contributed by atoms with E-state index >= 15 is 0 Å². The molecule has 2 aromatic rings. The molecule has 0 unspecified atom stereocenters. The third kappa shape index (κ3) is 2.59. The molecular weight excluding hydrogens is 247 g/mol. The minimum absolute atomic E-state index is 0.175. The van der Waals surface area contributed by atoms with Crippen molar-refractivity contribution >= 4 is 35.9 Å². The minimum Gasteiger partial charge on any atom is -0.307 e. The summed E-state index contributed by atoms with van der Waals surface area (Å²) in [5.74, 6) is -0.305. The van der Waals surface area contributed by atoms with Gasteiger partial charge in [0, 0.05) is 6.21 Å². The number of rotatable bonds is 2. The lowest BCUT2D eigenvalue weighted by molar-refractivity contribution is 0.628. The van der Waals surface area contributed by atoms with E-state index in [0.717, 1.165) is 11.3 Å². The van der Waals surface area contributed by atoms with Crippen LogP contribution in [0.15, 0.2) is 39.1 Å². The van der Waals surface area contributed by atoms with Crippen LogP contribution >= 0.6 is 24.0 Å². The smallest absolute Gasteiger partial charge is 0.305 e. The zero-order chi connectivity index (χ0) is 11.5. The van der Waals surface area contributed by atoms with Crippen molar-refractivity contribution in [2.24, 2.45) is 4.99 Å². The summed E-state index contributed by atoms with van der Waals surface area (Å²) in [4.78, 5) is 18.1. The van der Waals surface area contributed by atoms with Gasteiger partial charge in [-0.2, -0.15) is 0 Å². The van der Waals surface area contributed by atoms with Crippen molar-refractivity contribution in [2.45, 2.75) is 5.03 Å². The highest BCUT2D eigenvalue weighted by Crippen LogP contribution is 2.15. The number of aromatic amines is 1. The lowest BCUT2D eigenvalue weighted by Crippen LogP contribution is -1.89. The van der Waals surface area contributed by atoms with Gasteiger partial charge in [0.05, 0.1) is 15.6 Å². The van der Waals surface area contributed by atoms with E-state index in [1.807, 2.05) is 0 Å². The molecule has 0 bridgehead atoms. The Balaban J connectivity index is 2.24. The second kappa shape index (κ2) is 4.63. The normalized spacial score (nSPS) is 11.1. The Morgan fingerprint density at radius 2 is 2.06 bits per heavy atom. The molecule has 0 radical (unpaired) electrons. The molecule has 1 heterocycles. The molecule has 0 spiro atoms. The summed E-state index contributed by atoms with van der Waals surface area (Å²) in [6, 6.07) is 5.76. The van der Waals surface area contributed by atoms with Gasteiger partial charge in [-0.25, -0.2) is 4.39 Å². The van der Waals surface area contributed by atoms with E-state index < -0.39 is 0 Å². The molecule has 0 amide bonds. The zero-order valence-corrected chi connectivity index (χ0v) is 9.69. The van der Waals surface area contributed by atoms with E-state index in [1.54, 1.807) is 12.1 Å². The number of halogens is 1. The molecule has 0 saturated heterocycles. The quantitative estimate of drug-likeness (QED) is 0.628. The Kier molecular flexibility index (Phi) is 3.21. The Hall–Kier alpha value is -1.40. The molecule has 1 aromatic heterocycles. The van der Waals surface area contributed by atoms with Crippen LogP contribution in [-0.4, -0.2) is 11.2 Å². The highest BCUT2D eigenvalue weighted by atomic mass is 32.1. The van der Waals surface area contributed by atoms with Gasteiger partial charge in [-0.3, -0.25) is 9.79 Å². The number of nitrogens with zero attached hydrogens (tertiary/aromatic N) is 1. The fraction of sp³-hybridized carbons (Fsp3) is 0. The van der Waals surface area contributed by atoms with Gasteiger partial charge in [-0.05, 0) is 24.3 Å². The van der Waals surface area contributed by atoms with Crippen LogP contribution in [0.3, 0.4) is 0 Å². The van der Waals surface area contributed by atoms with Crippen LogP contribution in [0.1, 0.15) is 4.88 Å². The number of thiol groups is 1. The number of aromatic nitrogens is 1. The molecule has 0 aliphatic heterocycles. The van der Waals surface area contributed by atoms with Crippen molar-refractivity contribution in [1.29, 1.82) is 0 Å². The Morgan fingerprint density at radius 1 is 1.38 bits per heavy atom. The lowest BCUT2D eigenvalue weighted by Gasteiger charge is -1.92. The summed E-state index contributed by atoms with van der Waals surface area (Å²) in [6.45, 7) is 0. The molecule has 0 atom stereocenters. The minimum atomic E-state index is -0.305. The first kappa shape index (κ1) is 11.1. The second-order valence-corrected chi connectivity index (χ2v) is 4.42. The maximum atomic E-state index is 12.6. The fourth-order valence-corrected chi connectivity index (χ4v) is 2.06. The molecule has 82 valence electrons. The fourth-order valence-electron chi connectivity index (χ4n) is 1.08. The van der Waals surface area contributed by atoms with Gasteiger partial charge in [0.1, 0.15) is 5.82 Å². The molecule has 1 N–H and O–H groups in total. The summed E-state index contributed by atoms with van der Waals surface area (Å²) >= 11 is 5.11. The number of hydrogen-bond donors (Lipinski definition) is 2. The van der Waals surface area contributed by atoms with Crippen LogP contribution in [0.2, 0.25) is 0 Å². The van der Waals surface area contributed by atoms with Gasteiger partial charge in [-0.15, -0.1) is 12.6 Å². The summed E-state index contributed by atoms with van der Waals surface area (Å²) in [7, 11) is 0. The third-order valence-corrected chi connectivity index (χ3v) is 3.13. The maximum absolute atomic E-state index is 12.6. The van der Waals surface area contributed by atoms with Crippen molar-refractivity contribution in [3.63, 3.8) is 0 Å². The van der Waals surface area contributed by atoms with Crippen molar-refractivity contribution in [3.05, 3.63) is 44.6 Å². The first-order valence-corrected chi connectivity index (χ1v) is 5.63. The molecule has 0 aliphatic carbocycles. The van der Waals surface area contributed by atoms with E-state index in [1.165, 1.54) is 18.3 Å². The molecule has 0 aliphatic rings. The van der Waals surface area contributed by atoms with Gasteiger partial charge in [0.15, 0.2) is 0 Å². The Bertz CT molecular complexity index is 571. The van der Waals surface area contributed by atoms with Gasteiger partial charge in [0.25, 0.3) is 0 Å². The van der Waals surface area contributed by atoms with Gasteiger partial charge < -0.3 is 4.98 Å². The molecule has 16 heavy (non-hydrogen) atoms. The van der Waals surface area contributed by atoms with E-state index in [2.05, 4.69) is 22.6 Å². The summed E-state index contributed by atoms with van der Waals surface area (Å²) in [5.41, 5.74) is 0.620.